The molecule has 0 unspecified atom stereocenters. The van der Waals surface area contributed by atoms with Gasteiger partial charge in [-0.05, 0) is 18.8 Å². The Kier molecular flexibility index (Phi) is 2.70. The van der Waals surface area contributed by atoms with Crippen molar-refractivity contribution >= 4 is 12.2 Å². The van der Waals surface area contributed by atoms with Gasteiger partial charge in [0, 0.05) is 20.1 Å². The van der Waals surface area contributed by atoms with E-state index in [-0.39, 0.29) is 0 Å². The monoisotopic (exact) mass is 208 g/mol. The Hall–Kier alpha value is -1.39. The Bertz CT molecular complexity index is 352. The van der Waals surface area contributed by atoms with Gasteiger partial charge in [0.05, 0.1) is 0 Å². The maximum Gasteiger partial charge on any atom is 0.227 e. The maximum atomic E-state index is 10.6. The summed E-state index contributed by atoms with van der Waals surface area (Å²) in [4.78, 5) is 12.8. The van der Waals surface area contributed by atoms with Crippen molar-refractivity contribution in [2.45, 2.75) is 19.8 Å². The molecule has 5 heteroatoms. The Morgan fingerprint density at radius 1 is 1.33 bits per heavy atom. The van der Waals surface area contributed by atoms with Gasteiger partial charge in [-0.15, -0.1) is 10.2 Å². The molecule has 15 heavy (non-hydrogen) atoms. The van der Waals surface area contributed by atoms with Gasteiger partial charge in [0.1, 0.15) is 0 Å². The van der Waals surface area contributed by atoms with Crippen LogP contribution in [0.5, 0.6) is 0 Å². The lowest BCUT2D eigenvalue weighted by molar-refractivity contribution is 0.111. The number of anilines is 1. The van der Waals surface area contributed by atoms with E-state index >= 15 is 0 Å². The van der Waals surface area contributed by atoms with Crippen molar-refractivity contribution in [3.8, 4) is 0 Å². The molecule has 0 saturated carbocycles. The van der Waals surface area contributed by atoms with Gasteiger partial charge in [-0.2, -0.15) is 0 Å². The highest BCUT2D eigenvalue weighted by atomic mass is 16.1. The number of piperidine rings is 1. The lowest BCUT2D eigenvalue weighted by atomic mass is 10.00. The highest BCUT2D eigenvalue weighted by Gasteiger charge is 2.20. The van der Waals surface area contributed by atoms with Crippen molar-refractivity contribution in [3.05, 3.63) is 5.82 Å². The van der Waals surface area contributed by atoms with Crippen LogP contribution in [0.2, 0.25) is 0 Å². The van der Waals surface area contributed by atoms with E-state index in [0.29, 0.717) is 5.82 Å². The van der Waals surface area contributed by atoms with Crippen LogP contribution in [-0.4, -0.2) is 34.1 Å². The lowest BCUT2D eigenvalue weighted by Gasteiger charge is -2.30. The van der Waals surface area contributed by atoms with Gasteiger partial charge in [0.15, 0.2) is 12.1 Å². The summed E-state index contributed by atoms with van der Waals surface area (Å²) in [7, 11) is 1.83. The topological polar surface area (TPSA) is 51.0 Å². The summed E-state index contributed by atoms with van der Waals surface area (Å²) in [6.45, 7) is 4.28. The minimum absolute atomic E-state index is 0.392. The molecule has 1 aromatic rings. The normalized spacial score (nSPS) is 18.1. The zero-order chi connectivity index (χ0) is 10.8. The Morgan fingerprint density at radius 2 is 2.00 bits per heavy atom. The van der Waals surface area contributed by atoms with Gasteiger partial charge in [-0.25, -0.2) is 0 Å². The first kappa shape index (κ1) is 10.1. The van der Waals surface area contributed by atoms with Gasteiger partial charge in [0.25, 0.3) is 0 Å². The van der Waals surface area contributed by atoms with Crippen LogP contribution in [0.3, 0.4) is 0 Å². The van der Waals surface area contributed by atoms with E-state index in [1.807, 2.05) is 7.05 Å². The number of rotatable bonds is 2. The van der Waals surface area contributed by atoms with Crippen molar-refractivity contribution in [1.29, 1.82) is 0 Å². The minimum atomic E-state index is 0.392. The second kappa shape index (κ2) is 4.00. The van der Waals surface area contributed by atoms with Crippen LogP contribution in [0, 0.1) is 5.92 Å². The Labute approximate surface area is 89.1 Å². The first-order valence-electron chi connectivity index (χ1n) is 5.32. The molecular formula is C10H16N4O. The third-order valence-electron chi connectivity index (χ3n) is 3.06. The van der Waals surface area contributed by atoms with Crippen molar-refractivity contribution in [2.75, 3.05) is 18.0 Å². The molecular weight excluding hydrogens is 192 g/mol. The van der Waals surface area contributed by atoms with Crippen molar-refractivity contribution in [3.63, 3.8) is 0 Å². The van der Waals surface area contributed by atoms with E-state index < -0.39 is 0 Å². The Morgan fingerprint density at radius 3 is 2.53 bits per heavy atom. The molecule has 82 valence electrons. The van der Waals surface area contributed by atoms with Gasteiger partial charge >= 0.3 is 0 Å². The van der Waals surface area contributed by atoms with E-state index in [2.05, 4.69) is 22.0 Å². The van der Waals surface area contributed by atoms with Gasteiger partial charge in [-0.3, -0.25) is 9.36 Å². The molecule has 0 atom stereocenters. The fraction of sp³-hybridized carbons (Fsp3) is 0.700. The molecule has 1 fully saturated rings. The predicted molar refractivity (Wildman–Crippen MR) is 57.0 cm³/mol. The molecule has 0 spiro atoms. The largest absolute Gasteiger partial charge is 0.341 e. The highest BCUT2D eigenvalue weighted by Crippen LogP contribution is 2.20. The van der Waals surface area contributed by atoms with Crippen LogP contribution in [0.1, 0.15) is 30.4 Å². The zero-order valence-electron chi connectivity index (χ0n) is 9.18. The van der Waals surface area contributed by atoms with Crippen LogP contribution in [0.4, 0.5) is 5.95 Å². The molecule has 2 heterocycles. The number of carbonyl (C=O) groups is 1. The van der Waals surface area contributed by atoms with Crippen LogP contribution >= 0.6 is 0 Å². The van der Waals surface area contributed by atoms with Gasteiger partial charge < -0.3 is 4.90 Å². The van der Waals surface area contributed by atoms with E-state index in [9.17, 15) is 4.79 Å². The van der Waals surface area contributed by atoms with Crippen molar-refractivity contribution in [1.82, 2.24) is 14.8 Å². The van der Waals surface area contributed by atoms with E-state index in [1.165, 1.54) is 12.8 Å². The number of aromatic nitrogens is 3. The second-order valence-electron chi connectivity index (χ2n) is 4.20. The molecule has 0 radical (unpaired) electrons. The SMILES string of the molecule is CC1CCN(c2nnc(C=O)n2C)CC1. The van der Waals surface area contributed by atoms with Crippen LogP contribution < -0.4 is 4.90 Å². The molecule has 0 bridgehead atoms. The van der Waals surface area contributed by atoms with Crippen LogP contribution in [-0.2, 0) is 7.05 Å². The number of carbonyl (C=O) groups excluding carboxylic acids is 1. The summed E-state index contributed by atoms with van der Waals surface area (Å²) in [5.41, 5.74) is 0. The fourth-order valence-corrected chi connectivity index (χ4v) is 1.92. The van der Waals surface area contributed by atoms with Crippen molar-refractivity contribution in [2.24, 2.45) is 13.0 Å². The first-order valence-corrected chi connectivity index (χ1v) is 5.32. The number of nitrogens with zero attached hydrogens (tertiary/aromatic N) is 4. The van der Waals surface area contributed by atoms with Crippen LogP contribution in [0.15, 0.2) is 0 Å². The third-order valence-corrected chi connectivity index (χ3v) is 3.06. The summed E-state index contributed by atoms with van der Waals surface area (Å²) < 4.78 is 1.75. The second-order valence-corrected chi connectivity index (χ2v) is 4.20. The smallest absolute Gasteiger partial charge is 0.227 e. The summed E-state index contributed by atoms with van der Waals surface area (Å²) in [5, 5.41) is 7.87. The molecule has 1 saturated heterocycles. The molecule has 5 nitrogen and oxygen atoms in total. The highest BCUT2D eigenvalue weighted by molar-refractivity contribution is 5.70. The maximum absolute atomic E-state index is 10.6. The number of hydrogen-bond acceptors (Lipinski definition) is 4. The van der Waals surface area contributed by atoms with Crippen molar-refractivity contribution < 1.29 is 4.79 Å². The molecule has 0 amide bonds. The molecule has 0 aromatic carbocycles. The van der Waals surface area contributed by atoms with Crippen LogP contribution in [0.25, 0.3) is 0 Å². The summed E-state index contributed by atoms with van der Waals surface area (Å²) >= 11 is 0. The quantitative estimate of drug-likeness (QED) is 0.676. The summed E-state index contributed by atoms with van der Waals surface area (Å²) in [5.74, 6) is 1.99. The third kappa shape index (κ3) is 1.86. The molecule has 1 aromatic heterocycles. The summed E-state index contributed by atoms with van der Waals surface area (Å²) in [6, 6.07) is 0. The zero-order valence-corrected chi connectivity index (χ0v) is 9.18. The molecule has 0 N–H and O–H groups in total. The Balaban J connectivity index is 2.15. The predicted octanol–water partition coefficient (Wildman–Crippen LogP) is 0.864. The summed E-state index contributed by atoms with van der Waals surface area (Å²) in [6.07, 6.45) is 3.11. The average Bonchev–Trinajstić information content (AvgIpc) is 2.61. The van der Waals surface area contributed by atoms with E-state index in [4.69, 9.17) is 0 Å². The first-order chi connectivity index (χ1) is 7.22. The fourth-order valence-electron chi connectivity index (χ4n) is 1.92. The molecule has 2 rings (SSSR count). The standard InChI is InChI=1S/C10H16N4O/c1-8-3-5-14(6-4-8)10-12-11-9(7-15)13(10)2/h7-8H,3-6H2,1-2H3. The number of hydrogen-bond donors (Lipinski definition) is 0. The molecule has 1 aliphatic rings. The molecule has 1 aliphatic heterocycles. The minimum Gasteiger partial charge on any atom is -0.341 e. The molecule has 0 aliphatic carbocycles. The van der Waals surface area contributed by atoms with Gasteiger partial charge in [-0.1, -0.05) is 6.92 Å². The van der Waals surface area contributed by atoms with E-state index in [0.717, 1.165) is 31.2 Å². The lowest BCUT2D eigenvalue weighted by Crippen LogP contribution is -2.34. The van der Waals surface area contributed by atoms with Gasteiger partial charge in [0.2, 0.25) is 5.95 Å². The average molecular weight is 208 g/mol. The number of aldehydes is 1. The van der Waals surface area contributed by atoms with E-state index in [1.54, 1.807) is 4.57 Å².